The Morgan fingerprint density at radius 2 is 1.57 bits per heavy atom. The van der Waals surface area contributed by atoms with Gasteiger partial charge in [-0.05, 0) is 46.5 Å². The van der Waals surface area contributed by atoms with Gasteiger partial charge in [0.05, 0.1) is 0 Å². The average Bonchev–Trinajstić information content (AvgIpc) is 2.77. The maximum Gasteiger partial charge on any atom is 0.408 e. The van der Waals surface area contributed by atoms with Crippen LogP contribution in [0.25, 0.3) is 0 Å². The highest BCUT2D eigenvalue weighted by Crippen LogP contribution is 2.16. The number of nitrogens with zero attached hydrogens (tertiary/aromatic N) is 1. The van der Waals surface area contributed by atoms with Gasteiger partial charge in [0.25, 0.3) is 0 Å². The molecule has 1 rings (SSSR count). The Bertz CT molecular complexity index is 446. The Labute approximate surface area is 173 Å². The van der Waals surface area contributed by atoms with Gasteiger partial charge in [-0.25, -0.2) is 4.79 Å². The lowest BCUT2D eigenvalue weighted by Gasteiger charge is -2.26. The molecule has 2 amide bonds. The highest BCUT2D eigenvalue weighted by Gasteiger charge is 2.29. The molecule has 0 bridgehead atoms. The zero-order valence-corrected chi connectivity index (χ0v) is 18.9. The summed E-state index contributed by atoms with van der Waals surface area (Å²) >= 11 is 0. The lowest BCUT2D eigenvalue weighted by Crippen LogP contribution is -2.48. The summed E-state index contributed by atoms with van der Waals surface area (Å²) < 4.78 is 5.31. The van der Waals surface area contributed by atoms with Gasteiger partial charge in [-0.1, -0.05) is 64.7 Å². The van der Waals surface area contributed by atoms with Crippen molar-refractivity contribution in [1.82, 2.24) is 10.2 Å². The smallest absolute Gasteiger partial charge is 0.408 e. The third-order valence-corrected chi connectivity index (χ3v) is 5.25. The van der Waals surface area contributed by atoms with Gasteiger partial charge in [-0.15, -0.1) is 0 Å². The molecule has 1 atom stereocenters. The van der Waals surface area contributed by atoms with Crippen LogP contribution < -0.4 is 5.32 Å². The Morgan fingerprint density at radius 1 is 1.00 bits per heavy atom. The fourth-order valence-corrected chi connectivity index (χ4v) is 3.70. The van der Waals surface area contributed by atoms with Gasteiger partial charge in [0.1, 0.15) is 11.6 Å². The van der Waals surface area contributed by atoms with E-state index in [1.807, 2.05) is 25.7 Å². The van der Waals surface area contributed by atoms with E-state index in [1.165, 1.54) is 57.8 Å². The third kappa shape index (κ3) is 11.6. The standard InChI is InChI=1S/C23H44N2O3/c1-5-6-7-8-9-10-11-12-13-15-18-25-19-16-14-17-20(21(25)26)24-22(27)28-23(2,3)4/h20H,5-19H2,1-4H3,(H,24,27). The molecular weight excluding hydrogens is 352 g/mol. The second-order valence-corrected chi connectivity index (χ2v) is 9.20. The predicted octanol–water partition coefficient (Wildman–Crippen LogP) is 5.81. The fourth-order valence-electron chi connectivity index (χ4n) is 3.70. The van der Waals surface area contributed by atoms with Crippen LogP contribution in [0.4, 0.5) is 4.79 Å². The molecule has 0 aliphatic carbocycles. The molecule has 1 unspecified atom stereocenters. The van der Waals surface area contributed by atoms with Crippen molar-refractivity contribution in [1.29, 1.82) is 0 Å². The zero-order valence-electron chi connectivity index (χ0n) is 18.9. The van der Waals surface area contributed by atoms with Gasteiger partial charge in [-0.3, -0.25) is 4.79 Å². The van der Waals surface area contributed by atoms with Crippen molar-refractivity contribution in [3.63, 3.8) is 0 Å². The molecule has 5 nitrogen and oxygen atoms in total. The highest BCUT2D eigenvalue weighted by molar-refractivity contribution is 5.86. The summed E-state index contributed by atoms with van der Waals surface area (Å²) in [4.78, 5) is 26.8. The topological polar surface area (TPSA) is 58.6 Å². The molecule has 1 heterocycles. The quantitative estimate of drug-likeness (QED) is 0.423. The van der Waals surface area contributed by atoms with Gasteiger partial charge in [-0.2, -0.15) is 0 Å². The Kier molecular flexibility index (Phi) is 12.2. The Morgan fingerprint density at radius 3 is 2.14 bits per heavy atom. The number of ether oxygens (including phenoxy) is 1. The normalized spacial score (nSPS) is 18.1. The van der Waals surface area contributed by atoms with Crippen LogP contribution in [0.5, 0.6) is 0 Å². The minimum atomic E-state index is -0.548. The Hall–Kier alpha value is -1.26. The number of carbonyl (C=O) groups is 2. The first-order valence-corrected chi connectivity index (χ1v) is 11.6. The number of alkyl carbamates (subject to hydrolysis) is 1. The van der Waals surface area contributed by atoms with Gasteiger partial charge in [0.2, 0.25) is 5.91 Å². The van der Waals surface area contributed by atoms with E-state index in [9.17, 15) is 9.59 Å². The summed E-state index contributed by atoms with van der Waals surface area (Å²) in [7, 11) is 0. The second-order valence-electron chi connectivity index (χ2n) is 9.20. The summed E-state index contributed by atoms with van der Waals surface area (Å²) in [6, 6.07) is -0.444. The van der Waals surface area contributed by atoms with Crippen molar-refractivity contribution in [2.75, 3.05) is 13.1 Å². The number of carbonyl (C=O) groups excluding carboxylic acids is 2. The summed E-state index contributed by atoms with van der Waals surface area (Å²) in [5.41, 5.74) is -0.548. The number of nitrogens with one attached hydrogen (secondary N) is 1. The molecule has 0 aromatic rings. The van der Waals surface area contributed by atoms with Crippen molar-refractivity contribution >= 4 is 12.0 Å². The maximum atomic E-state index is 12.8. The first-order valence-electron chi connectivity index (χ1n) is 11.6. The predicted molar refractivity (Wildman–Crippen MR) is 115 cm³/mol. The first-order chi connectivity index (χ1) is 13.3. The van der Waals surface area contributed by atoms with Crippen molar-refractivity contribution in [2.45, 2.75) is 123 Å². The Balaban J connectivity index is 2.23. The van der Waals surface area contributed by atoms with E-state index in [0.717, 1.165) is 32.4 Å². The van der Waals surface area contributed by atoms with Crippen LogP contribution >= 0.6 is 0 Å². The van der Waals surface area contributed by atoms with Crippen molar-refractivity contribution in [2.24, 2.45) is 0 Å². The minimum Gasteiger partial charge on any atom is -0.444 e. The third-order valence-electron chi connectivity index (χ3n) is 5.25. The summed E-state index contributed by atoms with van der Waals surface area (Å²) in [5, 5.41) is 2.78. The van der Waals surface area contributed by atoms with Gasteiger partial charge >= 0.3 is 6.09 Å². The van der Waals surface area contributed by atoms with Crippen LogP contribution in [0.3, 0.4) is 0 Å². The molecule has 164 valence electrons. The van der Waals surface area contributed by atoms with Crippen molar-refractivity contribution in [3.8, 4) is 0 Å². The second kappa shape index (κ2) is 13.8. The summed E-state index contributed by atoms with van der Waals surface area (Å²) in [6.07, 6.45) is 15.1. The van der Waals surface area contributed by atoms with Crippen LogP contribution in [0.2, 0.25) is 0 Å². The molecule has 1 aliphatic rings. The molecule has 0 radical (unpaired) electrons. The molecule has 1 saturated heterocycles. The molecule has 1 N–H and O–H groups in total. The lowest BCUT2D eigenvalue weighted by atomic mass is 10.1. The van der Waals surface area contributed by atoms with Crippen LogP contribution in [0.15, 0.2) is 0 Å². The van der Waals surface area contributed by atoms with Gasteiger partial charge in [0.15, 0.2) is 0 Å². The summed E-state index contributed by atoms with van der Waals surface area (Å²) in [6.45, 7) is 9.37. The molecule has 0 aromatic carbocycles. The van der Waals surface area contributed by atoms with Crippen LogP contribution in [-0.2, 0) is 9.53 Å². The molecule has 0 saturated carbocycles. The first kappa shape index (κ1) is 24.8. The molecule has 0 aromatic heterocycles. The lowest BCUT2D eigenvalue weighted by molar-refractivity contribution is -0.133. The van der Waals surface area contributed by atoms with Crippen molar-refractivity contribution in [3.05, 3.63) is 0 Å². The van der Waals surface area contributed by atoms with E-state index < -0.39 is 17.7 Å². The van der Waals surface area contributed by atoms with Gasteiger partial charge in [0, 0.05) is 13.1 Å². The van der Waals surface area contributed by atoms with Gasteiger partial charge < -0.3 is 15.0 Å². The van der Waals surface area contributed by atoms with E-state index in [1.54, 1.807) is 0 Å². The largest absolute Gasteiger partial charge is 0.444 e. The highest BCUT2D eigenvalue weighted by atomic mass is 16.6. The molecule has 1 fully saturated rings. The monoisotopic (exact) mass is 396 g/mol. The van der Waals surface area contributed by atoms with Crippen LogP contribution in [0.1, 0.15) is 111 Å². The summed E-state index contributed by atoms with van der Waals surface area (Å²) in [5.74, 6) is 0.0549. The molecule has 0 spiro atoms. The average molecular weight is 397 g/mol. The molecule has 28 heavy (non-hydrogen) atoms. The van der Waals surface area contributed by atoms with Crippen molar-refractivity contribution < 1.29 is 14.3 Å². The van der Waals surface area contributed by atoms with Crippen LogP contribution in [-0.4, -0.2) is 41.6 Å². The molecule has 5 heteroatoms. The minimum absolute atomic E-state index is 0.0549. The number of rotatable bonds is 12. The maximum absolute atomic E-state index is 12.8. The van der Waals surface area contributed by atoms with E-state index >= 15 is 0 Å². The molecule has 1 aliphatic heterocycles. The number of hydrogen-bond acceptors (Lipinski definition) is 3. The van der Waals surface area contributed by atoms with E-state index in [-0.39, 0.29) is 5.91 Å². The van der Waals surface area contributed by atoms with Crippen LogP contribution in [0, 0.1) is 0 Å². The van der Waals surface area contributed by atoms with E-state index in [0.29, 0.717) is 6.42 Å². The number of likely N-dealkylation sites (tertiary alicyclic amines) is 1. The fraction of sp³-hybridized carbons (Fsp3) is 0.913. The number of hydrogen-bond donors (Lipinski definition) is 1. The number of unbranched alkanes of at least 4 members (excludes halogenated alkanes) is 9. The zero-order chi connectivity index (χ0) is 20.8. The van der Waals surface area contributed by atoms with E-state index in [4.69, 9.17) is 4.74 Å². The molecular formula is C23H44N2O3. The SMILES string of the molecule is CCCCCCCCCCCCN1CCCCC(NC(=O)OC(C)(C)C)C1=O. The number of amides is 2. The van der Waals surface area contributed by atoms with E-state index in [2.05, 4.69) is 12.2 Å².